The molecule has 190 valence electrons. The van der Waals surface area contributed by atoms with Gasteiger partial charge in [0.15, 0.2) is 16.9 Å². The first kappa shape index (κ1) is 25.1. The van der Waals surface area contributed by atoms with Gasteiger partial charge < -0.3 is 20.5 Å². The minimum Gasteiger partial charge on any atom is -0.341 e. The number of ketones is 1. The van der Waals surface area contributed by atoms with Crippen molar-refractivity contribution in [1.29, 1.82) is 0 Å². The molecule has 0 aliphatic carbocycles. The minimum atomic E-state index is -0.643. The molecule has 1 saturated heterocycles. The van der Waals surface area contributed by atoms with E-state index < -0.39 is 23.6 Å². The third-order valence-electron chi connectivity index (χ3n) is 6.32. The van der Waals surface area contributed by atoms with Gasteiger partial charge in [0, 0.05) is 45.2 Å². The van der Waals surface area contributed by atoms with E-state index in [0.717, 1.165) is 24.0 Å². The van der Waals surface area contributed by atoms with Crippen molar-refractivity contribution in [3.8, 4) is 0 Å². The first-order chi connectivity index (χ1) is 17.2. The zero-order chi connectivity index (χ0) is 26.0. The standard InChI is InChI=1S/C25H31N7O4/c1-4-5-13-31-21-22(28-24(31)30-12-8-9-17(26)14-30)29(3)25(36)32(23(21)35)15-20(34)18-10-6-7-11-19(18)27-16(2)33/h4-7,10-11,17H,8-9,12-15,26H2,1-3H3,(H,27,33). The molecule has 1 aliphatic heterocycles. The molecule has 3 N–H and O–H groups in total. The smallest absolute Gasteiger partial charge is 0.332 e. The van der Waals surface area contributed by atoms with Crippen LogP contribution in [-0.2, 0) is 24.9 Å². The summed E-state index contributed by atoms with van der Waals surface area (Å²) in [7, 11) is 1.54. The third-order valence-corrected chi connectivity index (χ3v) is 6.32. The van der Waals surface area contributed by atoms with Crippen molar-refractivity contribution in [1.82, 2.24) is 18.7 Å². The number of nitrogens with zero attached hydrogens (tertiary/aromatic N) is 5. The van der Waals surface area contributed by atoms with E-state index in [1.165, 1.54) is 18.5 Å². The van der Waals surface area contributed by atoms with Gasteiger partial charge in [-0.3, -0.25) is 23.5 Å². The van der Waals surface area contributed by atoms with E-state index in [9.17, 15) is 19.2 Å². The van der Waals surface area contributed by atoms with Gasteiger partial charge in [-0.1, -0.05) is 24.3 Å². The van der Waals surface area contributed by atoms with Crippen molar-refractivity contribution in [3.05, 3.63) is 62.8 Å². The molecule has 11 heteroatoms. The van der Waals surface area contributed by atoms with Crippen LogP contribution in [0.2, 0.25) is 0 Å². The number of rotatable bonds is 7. The van der Waals surface area contributed by atoms with E-state index in [4.69, 9.17) is 5.73 Å². The number of nitrogens with two attached hydrogens (primary N) is 1. The summed E-state index contributed by atoms with van der Waals surface area (Å²) in [5.74, 6) is -0.229. The lowest BCUT2D eigenvalue weighted by Gasteiger charge is -2.31. The number of fused-ring (bicyclic) bond motifs is 1. The lowest BCUT2D eigenvalue weighted by atomic mass is 10.1. The van der Waals surface area contributed by atoms with Gasteiger partial charge in [-0.2, -0.15) is 4.98 Å². The maximum absolute atomic E-state index is 13.7. The monoisotopic (exact) mass is 493 g/mol. The quantitative estimate of drug-likeness (QED) is 0.373. The molecule has 1 aromatic carbocycles. The first-order valence-corrected chi connectivity index (χ1v) is 11.9. The summed E-state index contributed by atoms with van der Waals surface area (Å²) >= 11 is 0. The average Bonchev–Trinajstić information content (AvgIpc) is 3.23. The molecule has 3 aromatic rings. The SMILES string of the molecule is CC=CCn1c(N2CCCC(N)C2)nc2c1c(=O)n(CC(=O)c1ccccc1NC(C)=O)c(=O)n2C. The molecule has 0 bridgehead atoms. The van der Waals surface area contributed by atoms with Crippen molar-refractivity contribution >= 4 is 34.5 Å². The van der Waals surface area contributed by atoms with Crippen LogP contribution in [0.3, 0.4) is 0 Å². The van der Waals surface area contributed by atoms with Crippen molar-refractivity contribution in [2.75, 3.05) is 23.3 Å². The van der Waals surface area contributed by atoms with Crippen LogP contribution in [0.5, 0.6) is 0 Å². The molecule has 4 rings (SSSR count). The van der Waals surface area contributed by atoms with E-state index in [1.807, 2.05) is 24.0 Å². The van der Waals surface area contributed by atoms with Crippen LogP contribution < -0.4 is 27.2 Å². The van der Waals surface area contributed by atoms with Crippen LogP contribution in [0.1, 0.15) is 37.0 Å². The Morgan fingerprint density at radius 1 is 1.22 bits per heavy atom. The van der Waals surface area contributed by atoms with Crippen LogP contribution in [0.4, 0.5) is 11.6 Å². The van der Waals surface area contributed by atoms with E-state index >= 15 is 0 Å². The second kappa shape index (κ2) is 10.3. The zero-order valence-corrected chi connectivity index (χ0v) is 20.7. The Bertz CT molecular complexity index is 1460. The predicted molar refractivity (Wildman–Crippen MR) is 139 cm³/mol. The van der Waals surface area contributed by atoms with Crippen LogP contribution in [0.25, 0.3) is 11.2 Å². The minimum absolute atomic E-state index is 0.00416. The fourth-order valence-electron chi connectivity index (χ4n) is 4.57. The Kier molecular flexibility index (Phi) is 7.20. The van der Waals surface area contributed by atoms with Gasteiger partial charge in [-0.25, -0.2) is 4.79 Å². The van der Waals surface area contributed by atoms with E-state index in [2.05, 4.69) is 10.3 Å². The fraction of sp³-hybridized carbons (Fsp3) is 0.400. The number of hydrogen-bond acceptors (Lipinski definition) is 7. The highest BCUT2D eigenvalue weighted by Crippen LogP contribution is 2.23. The van der Waals surface area contributed by atoms with Gasteiger partial charge in [0.05, 0.1) is 12.2 Å². The summed E-state index contributed by atoms with van der Waals surface area (Å²) in [5, 5.41) is 2.62. The maximum Gasteiger partial charge on any atom is 0.332 e. The van der Waals surface area contributed by atoms with E-state index in [-0.39, 0.29) is 28.7 Å². The summed E-state index contributed by atoms with van der Waals surface area (Å²) in [6, 6.07) is 6.49. The second-order valence-corrected chi connectivity index (χ2v) is 8.99. The molecule has 0 saturated carbocycles. The molecule has 36 heavy (non-hydrogen) atoms. The van der Waals surface area contributed by atoms with Crippen LogP contribution in [-0.4, -0.2) is 49.5 Å². The maximum atomic E-state index is 13.7. The Morgan fingerprint density at radius 2 is 1.97 bits per heavy atom. The van der Waals surface area contributed by atoms with Gasteiger partial charge in [0.1, 0.15) is 0 Å². The number of para-hydroxylation sites is 1. The normalized spacial score (nSPS) is 16.1. The molecule has 1 aliphatic rings. The Balaban J connectivity index is 1.84. The lowest BCUT2D eigenvalue weighted by molar-refractivity contribution is -0.114. The molecule has 1 unspecified atom stereocenters. The molecular formula is C25H31N7O4. The lowest BCUT2D eigenvalue weighted by Crippen LogP contribution is -2.44. The Labute approximate surface area is 207 Å². The molecule has 1 amide bonds. The molecular weight excluding hydrogens is 462 g/mol. The van der Waals surface area contributed by atoms with Crippen molar-refractivity contribution < 1.29 is 9.59 Å². The van der Waals surface area contributed by atoms with Gasteiger partial charge >= 0.3 is 5.69 Å². The highest BCUT2D eigenvalue weighted by molar-refractivity contribution is 6.04. The van der Waals surface area contributed by atoms with Crippen LogP contribution >= 0.6 is 0 Å². The molecule has 1 atom stereocenters. The number of amides is 1. The Hall–Kier alpha value is -3.99. The zero-order valence-electron chi connectivity index (χ0n) is 20.7. The van der Waals surface area contributed by atoms with Crippen molar-refractivity contribution in [3.63, 3.8) is 0 Å². The second-order valence-electron chi connectivity index (χ2n) is 8.99. The number of carbonyl (C=O) groups excluding carboxylic acids is 2. The van der Waals surface area contributed by atoms with Gasteiger partial charge in [0.25, 0.3) is 5.56 Å². The number of allylic oxidation sites excluding steroid dienone is 2. The van der Waals surface area contributed by atoms with Crippen LogP contribution in [0, 0.1) is 0 Å². The number of nitrogens with one attached hydrogen (secondary N) is 1. The number of aryl methyl sites for hydroxylation is 1. The number of aromatic nitrogens is 4. The number of hydrogen-bond donors (Lipinski definition) is 2. The molecule has 0 spiro atoms. The number of benzene rings is 1. The summed E-state index contributed by atoms with van der Waals surface area (Å²) in [4.78, 5) is 58.4. The molecule has 2 aromatic heterocycles. The van der Waals surface area contributed by atoms with E-state index in [0.29, 0.717) is 24.7 Å². The Morgan fingerprint density at radius 3 is 2.67 bits per heavy atom. The highest BCUT2D eigenvalue weighted by atomic mass is 16.2. The first-order valence-electron chi connectivity index (χ1n) is 11.9. The average molecular weight is 494 g/mol. The summed E-state index contributed by atoms with van der Waals surface area (Å²) < 4.78 is 4.00. The molecule has 3 heterocycles. The number of piperidine rings is 1. The summed E-state index contributed by atoms with van der Waals surface area (Å²) in [6.45, 7) is 4.47. The number of Topliss-reactive ketones (excluding diaryl/α,β-unsaturated/α-hetero) is 1. The number of imidazole rings is 1. The number of carbonyl (C=O) groups is 2. The predicted octanol–water partition coefficient (Wildman–Crippen LogP) is 1.24. The molecule has 11 nitrogen and oxygen atoms in total. The van der Waals surface area contributed by atoms with Crippen molar-refractivity contribution in [2.24, 2.45) is 12.8 Å². The largest absolute Gasteiger partial charge is 0.341 e. The van der Waals surface area contributed by atoms with Gasteiger partial charge in [-0.15, -0.1) is 0 Å². The third kappa shape index (κ3) is 4.74. The fourth-order valence-corrected chi connectivity index (χ4v) is 4.57. The topological polar surface area (TPSA) is 137 Å². The summed E-state index contributed by atoms with van der Waals surface area (Å²) in [5.41, 5.74) is 5.99. The van der Waals surface area contributed by atoms with Gasteiger partial charge in [0.2, 0.25) is 11.9 Å². The molecule has 1 fully saturated rings. The summed E-state index contributed by atoms with van der Waals surface area (Å²) in [6.07, 6.45) is 5.59. The van der Waals surface area contributed by atoms with E-state index in [1.54, 1.807) is 28.8 Å². The van der Waals surface area contributed by atoms with Crippen LogP contribution in [0.15, 0.2) is 46.0 Å². The van der Waals surface area contributed by atoms with Gasteiger partial charge in [-0.05, 0) is 31.9 Å². The van der Waals surface area contributed by atoms with Crippen molar-refractivity contribution in [2.45, 2.75) is 45.8 Å². The highest BCUT2D eigenvalue weighted by Gasteiger charge is 2.26. The molecule has 0 radical (unpaired) electrons. The number of anilines is 2.